The third kappa shape index (κ3) is 4.50. The average Bonchev–Trinajstić information content (AvgIpc) is 2.58. The smallest absolute Gasteiger partial charge is 0.253 e. The summed E-state index contributed by atoms with van der Waals surface area (Å²) in [6, 6.07) is 15.5. The topological polar surface area (TPSA) is 32.3 Å². The van der Waals surface area contributed by atoms with Crippen LogP contribution in [-0.2, 0) is 6.54 Å². The number of hydrogen-bond acceptors (Lipinski definition) is 2. The SMILES string of the molecule is O=C(NC1CCCN(Cc2ccccc2)C1)c1cc(Cl)ccc1Cl. The molecule has 0 aliphatic carbocycles. The molecule has 5 heteroatoms. The zero-order chi connectivity index (χ0) is 16.9. The van der Waals surface area contributed by atoms with Gasteiger partial charge in [-0.05, 0) is 43.1 Å². The average molecular weight is 363 g/mol. The van der Waals surface area contributed by atoms with Gasteiger partial charge >= 0.3 is 0 Å². The van der Waals surface area contributed by atoms with Crippen molar-refractivity contribution < 1.29 is 4.79 Å². The van der Waals surface area contributed by atoms with Crippen LogP contribution in [0.4, 0.5) is 0 Å². The van der Waals surface area contributed by atoms with Crippen molar-refractivity contribution in [3.63, 3.8) is 0 Å². The minimum Gasteiger partial charge on any atom is -0.348 e. The molecule has 0 radical (unpaired) electrons. The Balaban J connectivity index is 1.61. The number of halogens is 2. The molecule has 0 aromatic heterocycles. The van der Waals surface area contributed by atoms with Gasteiger partial charge in [0.25, 0.3) is 5.91 Å². The summed E-state index contributed by atoms with van der Waals surface area (Å²) in [7, 11) is 0. The fraction of sp³-hybridized carbons (Fsp3) is 0.316. The van der Waals surface area contributed by atoms with Crippen LogP contribution in [-0.4, -0.2) is 29.9 Å². The zero-order valence-corrected chi connectivity index (χ0v) is 14.9. The second kappa shape index (κ2) is 8.02. The highest BCUT2D eigenvalue weighted by molar-refractivity contribution is 6.35. The predicted octanol–water partition coefficient (Wildman–Crippen LogP) is 4.39. The maximum atomic E-state index is 12.5. The molecule has 1 aliphatic heterocycles. The molecule has 1 N–H and O–H groups in total. The lowest BCUT2D eigenvalue weighted by atomic mass is 10.0. The Morgan fingerprint density at radius 3 is 2.75 bits per heavy atom. The Labute approximate surface area is 152 Å². The maximum Gasteiger partial charge on any atom is 0.253 e. The molecule has 1 saturated heterocycles. The zero-order valence-electron chi connectivity index (χ0n) is 13.3. The highest BCUT2D eigenvalue weighted by atomic mass is 35.5. The summed E-state index contributed by atoms with van der Waals surface area (Å²) >= 11 is 12.1. The van der Waals surface area contributed by atoms with E-state index in [4.69, 9.17) is 23.2 Å². The summed E-state index contributed by atoms with van der Waals surface area (Å²) in [5.41, 5.74) is 1.73. The van der Waals surface area contributed by atoms with Crippen molar-refractivity contribution in [2.75, 3.05) is 13.1 Å². The number of carbonyl (C=O) groups is 1. The van der Waals surface area contributed by atoms with E-state index in [2.05, 4.69) is 34.5 Å². The van der Waals surface area contributed by atoms with Gasteiger partial charge in [-0.2, -0.15) is 0 Å². The van der Waals surface area contributed by atoms with E-state index in [1.165, 1.54) is 5.56 Å². The molecule has 1 heterocycles. The molecule has 1 aliphatic rings. The number of piperidine rings is 1. The van der Waals surface area contributed by atoms with Crippen molar-refractivity contribution >= 4 is 29.1 Å². The van der Waals surface area contributed by atoms with Gasteiger partial charge in [-0.3, -0.25) is 9.69 Å². The summed E-state index contributed by atoms with van der Waals surface area (Å²) in [6.45, 7) is 2.81. The summed E-state index contributed by atoms with van der Waals surface area (Å²) < 4.78 is 0. The monoisotopic (exact) mass is 362 g/mol. The van der Waals surface area contributed by atoms with E-state index < -0.39 is 0 Å². The second-order valence-electron chi connectivity index (χ2n) is 6.16. The van der Waals surface area contributed by atoms with Crippen LogP contribution in [0.15, 0.2) is 48.5 Å². The summed E-state index contributed by atoms with van der Waals surface area (Å²) in [4.78, 5) is 14.9. The number of hydrogen-bond donors (Lipinski definition) is 1. The van der Waals surface area contributed by atoms with Crippen LogP contribution in [0.1, 0.15) is 28.8 Å². The summed E-state index contributed by atoms with van der Waals surface area (Å²) in [5.74, 6) is -0.158. The second-order valence-corrected chi connectivity index (χ2v) is 7.00. The van der Waals surface area contributed by atoms with Crippen molar-refractivity contribution in [2.24, 2.45) is 0 Å². The summed E-state index contributed by atoms with van der Waals surface area (Å²) in [6.07, 6.45) is 2.05. The minimum absolute atomic E-state index is 0.130. The van der Waals surface area contributed by atoms with Crippen molar-refractivity contribution in [1.82, 2.24) is 10.2 Å². The number of benzene rings is 2. The van der Waals surface area contributed by atoms with Crippen LogP contribution in [0.25, 0.3) is 0 Å². The molecule has 2 aromatic carbocycles. The van der Waals surface area contributed by atoms with Gasteiger partial charge in [-0.25, -0.2) is 0 Å². The van der Waals surface area contributed by atoms with Gasteiger partial charge in [0, 0.05) is 24.2 Å². The first kappa shape index (κ1) is 17.3. The van der Waals surface area contributed by atoms with Gasteiger partial charge in [-0.15, -0.1) is 0 Å². The molecule has 0 saturated carbocycles. The standard InChI is InChI=1S/C19H20Cl2N2O/c20-15-8-9-18(21)17(11-15)19(24)22-16-7-4-10-23(13-16)12-14-5-2-1-3-6-14/h1-3,5-6,8-9,11,16H,4,7,10,12-13H2,(H,22,24). The number of amides is 1. The normalized spacial score (nSPS) is 18.3. The molecule has 126 valence electrons. The van der Waals surface area contributed by atoms with Gasteiger partial charge in [0.2, 0.25) is 0 Å². The lowest BCUT2D eigenvalue weighted by molar-refractivity contribution is 0.0901. The molecule has 1 amide bonds. The largest absolute Gasteiger partial charge is 0.348 e. The molecule has 1 unspecified atom stereocenters. The van der Waals surface area contributed by atoms with E-state index in [1.807, 2.05) is 6.07 Å². The molecular weight excluding hydrogens is 343 g/mol. The molecule has 3 nitrogen and oxygen atoms in total. The maximum absolute atomic E-state index is 12.5. The van der Waals surface area contributed by atoms with Crippen molar-refractivity contribution in [1.29, 1.82) is 0 Å². The van der Waals surface area contributed by atoms with E-state index in [0.29, 0.717) is 15.6 Å². The Hall–Kier alpha value is -1.55. The Morgan fingerprint density at radius 1 is 1.17 bits per heavy atom. The van der Waals surface area contributed by atoms with Gasteiger partial charge < -0.3 is 5.32 Å². The van der Waals surface area contributed by atoms with E-state index in [1.54, 1.807) is 18.2 Å². The number of nitrogens with one attached hydrogen (secondary N) is 1. The predicted molar refractivity (Wildman–Crippen MR) is 98.7 cm³/mol. The van der Waals surface area contributed by atoms with E-state index in [0.717, 1.165) is 32.5 Å². The first-order valence-corrected chi connectivity index (χ1v) is 8.89. The minimum atomic E-state index is -0.158. The van der Waals surface area contributed by atoms with Crippen molar-refractivity contribution in [3.05, 3.63) is 69.7 Å². The quantitative estimate of drug-likeness (QED) is 0.874. The molecule has 24 heavy (non-hydrogen) atoms. The molecule has 0 spiro atoms. The summed E-state index contributed by atoms with van der Waals surface area (Å²) in [5, 5.41) is 4.03. The van der Waals surface area contributed by atoms with E-state index >= 15 is 0 Å². The highest BCUT2D eigenvalue weighted by Gasteiger charge is 2.22. The van der Waals surface area contributed by atoms with Gasteiger partial charge in [0.1, 0.15) is 0 Å². The van der Waals surface area contributed by atoms with Gasteiger partial charge in [0.15, 0.2) is 0 Å². The van der Waals surface area contributed by atoms with Crippen molar-refractivity contribution in [3.8, 4) is 0 Å². The molecule has 3 rings (SSSR count). The third-order valence-corrected chi connectivity index (χ3v) is 4.83. The van der Waals surface area contributed by atoms with E-state index in [9.17, 15) is 4.79 Å². The number of nitrogens with zero attached hydrogens (tertiary/aromatic N) is 1. The van der Waals surface area contributed by atoms with Crippen LogP contribution >= 0.6 is 23.2 Å². The Bertz CT molecular complexity index is 706. The van der Waals surface area contributed by atoms with Crippen LogP contribution < -0.4 is 5.32 Å². The first-order valence-electron chi connectivity index (χ1n) is 8.14. The van der Waals surface area contributed by atoms with E-state index in [-0.39, 0.29) is 11.9 Å². The third-order valence-electron chi connectivity index (χ3n) is 4.26. The first-order chi connectivity index (χ1) is 11.6. The highest BCUT2D eigenvalue weighted by Crippen LogP contribution is 2.21. The fourth-order valence-corrected chi connectivity index (χ4v) is 3.47. The number of likely N-dealkylation sites (tertiary alicyclic amines) is 1. The number of carbonyl (C=O) groups excluding carboxylic acids is 1. The van der Waals surface area contributed by atoms with Crippen molar-refractivity contribution in [2.45, 2.75) is 25.4 Å². The lowest BCUT2D eigenvalue weighted by Crippen LogP contribution is -2.47. The van der Waals surface area contributed by atoms with Crippen LogP contribution in [0, 0.1) is 0 Å². The molecule has 1 fully saturated rings. The Kier molecular flexibility index (Phi) is 5.77. The molecule has 0 bridgehead atoms. The molecular formula is C19H20Cl2N2O. The Morgan fingerprint density at radius 2 is 1.96 bits per heavy atom. The molecule has 2 aromatic rings. The van der Waals surface area contributed by atoms with Crippen LogP contribution in [0.2, 0.25) is 10.0 Å². The van der Waals surface area contributed by atoms with Crippen LogP contribution in [0.3, 0.4) is 0 Å². The lowest BCUT2D eigenvalue weighted by Gasteiger charge is -2.33. The van der Waals surface area contributed by atoms with Gasteiger partial charge in [0.05, 0.1) is 10.6 Å². The number of rotatable bonds is 4. The van der Waals surface area contributed by atoms with Crippen LogP contribution in [0.5, 0.6) is 0 Å². The van der Waals surface area contributed by atoms with Gasteiger partial charge in [-0.1, -0.05) is 53.5 Å². The molecule has 1 atom stereocenters. The fourth-order valence-electron chi connectivity index (χ4n) is 3.09.